The van der Waals surface area contributed by atoms with Crippen LogP contribution < -0.4 is 5.32 Å². The summed E-state index contributed by atoms with van der Waals surface area (Å²) in [7, 11) is -3.59. The number of anilines is 1. The average Bonchev–Trinajstić information content (AvgIpc) is 3.05. The summed E-state index contributed by atoms with van der Waals surface area (Å²) >= 11 is 1.31. The molecule has 0 aliphatic rings. The van der Waals surface area contributed by atoms with Gasteiger partial charge in [0.15, 0.2) is 5.13 Å². The molecule has 0 aliphatic heterocycles. The lowest BCUT2D eigenvalue weighted by Crippen LogP contribution is -2.37. The van der Waals surface area contributed by atoms with Crippen LogP contribution in [0.3, 0.4) is 0 Å². The van der Waals surface area contributed by atoms with Gasteiger partial charge in [-0.05, 0) is 36.5 Å². The molecule has 0 saturated heterocycles. The van der Waals surface area contributed by atoms with E-state index in [9.17, 15) is 13.2 Å². The summed E-state index contributed by atoms with van der Waals surface area (Å²) in [5.74, 6) is 0.438. The predicted molar refractivity (Wildman–Crippen MR) is 125 cm³/mol. The fourth-order valence-electron chi connectivity index (χ4n) is 3.25. The number of thiazole rings is 1. The van der Waals surface area contributed by atoms with Gasteiger partial charge in [-0.3, -0.25) is 4.79 Å². The molecular weight excluding hydrogens is 418 g/mol. The van der Waals surface area contributed by atoms with E-state index in [1.54, 1.807) is 22.5 Å². The first-order chi connectivity index (χ1) is 14.1. The molecule has 0 unspecified atom stereocenters. The molecule has 1 heterocycles. The Kier molecular flexibility index (Phi) is 9.25. The third-order valence-corrected chi connectivity index (χ3v) is 7.40. The molecule has 2 rings (SSSR count). The zero-order valence-corrected chi connectivity index (χ0v) is 20.4. The Morgan fingerprint density at radius 1 is 1.10 bits per heavy atom. The van der Waals surface area contributed by atoms with Crippen molar-refractivity contribution in [3.05, 3.63) is 18.2 Å². The van der Waals surface area contributed by atoms with Gasteiger partial charge in [0, 0.05) is 19.5 Å². The van der Waals surface area contributed by atoms with Crippen LogP contribution in [0.1, 0.15) is 66.7 Å². The molecule has 0 bridgehead atoms. The Bertz CT molecular complexity index is 926. The lowest BCUT2D eigenvalue weighted by atomic mass is 10.1. The molecule has 1 aromatic heterocycles. The summed E-state index contributed by atoms with van der Waals surface area (Å²) < 4.78 is 28.8. The van der Waals surface area contributed by atoms with E-state index in [4.69, 9.17) is 0 Å². The van der Waals surface area contributed by atoms with Crippen molar-refractivity contribution >= 4 is 42.6 Å². The molecule has 6 nitrogen and oxygen atoms in total. The van der Waals surface area contributed by atoms with E-state index >= 15 is 0 Å². The summed E-state index contributed by atoms with van der Waals surface area (Å²) in [6.07, 6.45) is 4.67. The van der Waals surface area contributed by atoms with Crippen LogP contribution in [0.25, 0.3) is 10.2 Å². The van der Waals surface area contributed by atoms with E-state index in [1.807, 2.05) is 27.7 Å². The maximum atomic E-state index is 13.2. The summed E-state index contributed by atoms with van der Waals surface area (Å²) in [5, 5.41) is 3.37. The van der Waals surface area contributed by atoms with Crippen molar-refractivity contribution in [2.24, 2.45) is 11.8 Å². The van der Waals surface area contributed by atoms with Crippen molar-refractivity contribution in [1.29, 1.82) is 0 Å². The lowest BCUT2D eigenvalue weighted by molar-refractivity contribution is -0.116. The van der Waals surface area contributed by atoms with Gasteiger partial charge in [0.2, 0.25) is 15.9 Å². The maximum Gasteiger partial charge on any atom is 0.243 e. The number of benzene rings is 1. The number of hydrogen-bond donors (Lipinski definition) is 1. The van der Waals surface area contributed by atoms with E-state index in [0.717, 1.165) is 30.4 Å². The number of rotatable bonds is 12. The van der Waals surface area contributed by atoms with E-state index in [1.165, 1.54) is 11.3 Å². The molecule has 0 spiro atoms. The molecule has 2 aromatic rings. The molecule has 1 amide bonds. The number of carbonyl (C=O) groups is 1. The van der Waals surface area contributed by atoms with E-state index < -0.39 is 10.0 Å². The number of hydrogen-bond acceptors (Lipinski definition) is 5. The molecule has 0 aliphatic carbocycles. The normalized spacial score (nSPS) is 12.4. The van der Waals surface area contributed by atoms with Gasteiger partial charge >= 0.3 is 0 Å². The first-order valence-corrected chi connectivity index (χ1v) is 13.1. The van der Waals surface area contributed by atoms with Crippen molar-refractivity contribution in [2.45, 2.75) is 71.6 Å². The van der Waals surface area contributed by atoms with Crippen LogP contribution in [-0.4, -0.2) is 36.7 Å². The van der Waals surface area contributed by atoms with Gasteiger partial charge in [-0.1, -0.05) is 65.2 Å². The zero-order chi connectivity index (χ0) is 22.3. The van der Waals surface area contributed by atoms with Gasteiger partial charge in [0.25, 0.3) is 0 Å². The number of sulfonamides is 1. The molecule has 30 heavy (non-hydrogen) atoms. The first-order valence-electron chi connectivity index (χ1n) is 10.8. The van der Waals surface area contributed by atoms with Gasteiger partial charge in [0.1, 0.15) is 0 Å². The smallest absolute Gasteiger partial charge is 0.243 e. The Morgan fingerprint density at radius 2 is 1.77 bits per heavy atom. The van der Waals surface area contributed by atoms with Gasteiger partial charge in [-0.25, -0.2) is 13.4 Å². The minimum absolute atomic E-state index is 0.0435. The van der Waals surface area contributed by atoms with Gasteiger partial charge < -0.3 is 5.32 Å². The standard InChI is InChI=1S/C22H35N3O3S2/c1-6-7-8-9-10-21(26)24-22-23-19-12-11-18(13-20(19)29-22)30(27,28)25(14-16(2)3)15-17(4)5/h11-13,16-17H,6-10,14-15H2,1-5H3,(H,23,24,26). The Labute approximate surface area is 185 Å². The third-order valence-electron chi connectivity index (χ3n) is 4.64. The molecular formula is C22H35N3O3S2. The maximum absolute atomic E-state index is 13.2. The van der Waals surface area contributed by atoms with Crippen LogP contribution in [-0.2, 0) is 14.8 Å². The summed E-state index contributed by atoms with van der Waals surface area (Å²) in [6, 6.07) is 5.01. The highest BCUT2D eigenvalue weighted by molar-refractivity contribution is 7.89. The van der Waals surface area contributed by atoms with Crippen molar-refractivity contribution in [1.82, 2.24) is 9.29 Å². The minimum Gasteiger partial charge on any atom is -0.302 e. The molecule has 1 N–H and O–H groups in total. The predicted octanol–water partition coefficient (Wildman–Crippen LogP) is 5.51. The highest BCUT2D eigenvalue weighted by atomic mass is 32.2. The summed E-state index contributed by atoms with van der Waals surface area (Å²) in [6.45, 7) is 11.2. The Morgan fingerprint density at radius 3 is 2.37 bits per heavy atom. The van der Waals surface area contributed by atoms with Crippen LogP contribution in [0.2, 0.25) is 0 Å². The van der Waals surface area contributed by atoms with Crippen LogP contribution in [0.4, 0.5) is 5.13 Å². The molecule has 8 heteroatoms. The monoisotopic (exact) mass is 453 g/mol. The number of fused-ring (bicyclic) bond motifs is 1. The number of nitrogens with one attached hydrogen (secondary N) is 1. The van der Waals surface area contributed by atoms with Gasteiger partial charge in [-0.15, -0.1) is 0 Å². The van der Waals surface area contributed by atoms with E-state index in [-0.39, 0.29) is 22.6 Å². The highest BCUT2D eigenvalue weighted by Gasteiger charge is 2.26. The summed E-state index contributed by atoms with van der Waals surface area (Å²) in [4.78, 5) is 16.8. The quantitative estimate of drug-likeness (QED) is 0.430. The second-order valence-corrected chi connectivity index (χ2v) is 11.6. The lowest BCUT2D eigenvalue weighted by Gasteiger charge is -2.25. The van der Waals surface area contributed by atoms with Crippen molar-refractivity contribution in [3.63, 3.8) is 0 Å². The second-order valence-electron chi connectivity index (χ2n) is 8.62. The number of amides is 1. The minimum atomic E-state index is -3.59. The van der Waals surface area contributed by atoms with Crippen LogP contribution in [0, 0.1) is 11.8 Å². The largest absolute Gasteiger partial charge is 0.302 e. The first kappa shape index (κ1) is 24.8. The zero-order valence-electron chi connectivity index (χ0n) is 18.8. The molecule has 168 valence electrons. The van der Waals surface area contributed by atoms with Crippen molar-refractivity contribution in [2.75, 3.05) is 18.4 Å². The number of unbranched alkanes of at least 4 members (excludes halogenated alkanes) is 3. The van der Waals surface area contributed by atoms with E-state index in [2.05, 4.69) is 17.2 Å². The Balaban J connectivity index is 2.18. The van der Waals surface area contributed by atoms with Gasteiger partial charge in [-0.2, -0.15) is 4.31 Å². The van der Waals surface area contributed by atoms with Gasteiger partial charge in [0.05, 0.1) is 15.1 Å². The summed E-state index contributed by atoms with van der Waals surface area (Å²) in [5.41, 5.74) is 0.694. The Hall–Kier alpha value is -1.51. The molecule has 0 fully saturated rings. The fourth-order valence-corrected chi connectivity index (χ4v) is 6.04. The average molecular weight is 454 g/mol. The highest BCUT2D eigenvalue weighted by Crippen LogP contribution is 2.30. The molecule has 0 radical (unpaired) electrons. The molecule has 0 saturated carbocycles. The third kappa shape index (κ3) is 7.03. The molecule has 1 aromatic carbocycles. The van der Waals surface area contributed by atoms with Crippen LogP contribution in [0.5, 0.6) is 0 Å². The number of nitrogens with zero attached hydrogens (tertiary/aromatic N) is 2. The molecule has 0 atom stereocenters. The van der Waals surface area contributed by atoms with Crippen LogP contribution >= 0.6 is 11.3 Å². The van der Waals surface area contributed by atoms with Crippen LogP contribution in [0.15, 0.2) is 23.1 Å². The second kappa shape index (κ2) is 11.2. The van der Waals surface area contributed by atoms with E-state index in [0.29, 0.717) is 30.2 Å². The number of aromatic nitrogens is 1. The fraction of sp³-hybridized carbons (Fsp3) is 0.636. The SMILES string of the molecule is CCCCCCC(=O)Nc1nc2ccc(S(=O)(=O)N(CC(C)C)CC(C)C)cc2s1. The van der Waals surface area contributed by atoms with Crippen molar-refractivity contribution < 1.29 is 13.2 Å². The van der Waals surface area contributed by atoms with Crippen molar-refractivity contribution in [3.8, 4) is 0 Å². The topological polar surface area (TPSA) is 79.4 Å². The number of carbonyl (C=O) groups excluding carboxylic acids is 1.